The molecule has 0 radical (unpaired) electrons. The van der Waals surface area contributed by atoms with E-state index >= 15 is 0 Å². The molecule has 13 heteroatoms. The van der Waals surface area contributed by atoms with Gasteiger partial charge < -0.3 is 4.74 Å². The lowest BCUT2D eigenvalue weighted by molar-refractivity contribution is -0.274. The van der Waals surface area contributed by atoms with E-state index in [9.17, 15) is 13.2 Å². The maximum absolute atomic E-state index is 12.4. The molecule has 42 heavy (non-hydrogen) atoms. The molecule has 3 heterocycles. The standard InChI is InChI=1S/C29H22F3N7OS2/c1-18-14-22-16-42-28(39(22)25-5-3-2-4-24(18)25)35-27(41)36-34-15-19-6-8-20(9-7-19)26-33-17-38(37-26)21-10-12-23(13-11-21)40-29(30,31)32/h2-15,17-18H,16H2,1H3,(H,36,41)/b34-15+,35-28?. The Bertz CT molecular complexity index is 1710. The number of ether oxygens (including phenoxy) is 1. The molecule has 1 unspecified atom stereocenters. The fourth-order valence-electron chi connectivity index (χ4n) is 4.62. The Labute approximate surface area is 248 Å². The quantitative estimate of drug-likeness (QED) is 0.155. The number of thioether (sulfide) groups is 1. The molecule has 0 amide bonds. The second-order valence-electron chi connectivity index (χ2n) is 9.38. The Morgan fingerprint density at radius 3 is 2.62 bits per heavy atom. The number of para-hydroxylation sites is 1. The van der Waals surface area contributed by atoms with Gasteiger partial charge in [-0.2, -0.15) is 10.1 Å². The number of aliphatic imine (C=N–C) groups is 1. The SMILES string of the molecule is CC1C=C2CSC(=NC(=S)N/N=C/c3ccc(-c4ncn(-c5ccc(OC(F)(F)F)cc5)n4)cc3)N2c2ccccc21. The molecular formula is C29H22F3N7OS2. The monoisotopic (exact) mass is 605 g/mol. The van der Waals surface area contributed by atoms with Gasteiger partial charge >= 0.3 is 6.36 Å². The van der Waals surface area contributed by atoms with Gasteiger partial charge in [0.25, 0.3) is 0 Å². The molecule has 212 valence electrons. The molecular weight excluding hydrogens is 583 g/mol. The summed E-state index contributed by atoms with van der Waals surface area (Å²) in [4.78, 5) is 11.1. The minimum absolute atomic E-state index is 0.260. The molecule has 1 fully saturated rings. The van der Waals surface area contributed by atoms with Crippen LogP contribution in [0.4, 0.5) is 18.9 Å². The molecule has 8 nitrogen and oxygen atoms in total. The highest BCUT2D eigenvalue weighted by molar-refractivity contribution is 8.14. The van der Waals surface area contributed by atoms with E-state index in [0.717, 1.165) is 27.7 Å². The van der Waals surface area contributed by atoms with Crippen molar-refractivity contribution in [3.8, 4) is 22.8 Å². The molecule has 1 N–H and O–H groups in total. The van der Waals surface area contributed by atoms with Crippen LogP contribution in [0.1, 0.15) is 24.0 Å². The molecule has 4 aromatic rings. The van der Waals surface area contributed by atoms with Crippen molar-refractivity contribution in [1.29, 1.82) is 0 Å². The first-order valence-corrected chi connectivity index (χ1v) is 14.2. The van der Waals surface area contributed by atoms with E-state index in [4.69, 9.17) is 12.2 Å². The van der Waals surface area contributed by atoms with Crippen molar-refractivity contribution < 1.29 is 17.9 Å². The first-order valence-electron chi connectivity index (χ1n) is 12.8. The number of fused-ring (bicyclic) bond motifs is 3. The van der Waals surface area contributed by atoms with Gasteiger partial charge in [0.2, 0.25) is 5.11 Å². The Hall–Kier alpha value is -4.49. The van der Waals surface area contributed by atoms with E-state index in [-0.39, 0.29) is 10.9 Å². The minimum Gasteiger partial charge on any atom is -0.406 e. The van der Waals surface area contributed by atoms with Crippen molar-refractivity contribution in [3.63, 3.8) is 0 Å². The van der Waals surface area contributed by atoms with Gasteiger partial charge in [-0.1, -0.05) is 67.2 Å². The molecule has 2 aliphatic heterocycles. The van der Waals surface area contributed by atoms with Crippen LogP contribution in [-0.4, -0.2) is 43.4 Å². The Kier molecular flexibility index (Phi) is 7.52. The number of nitrogens with one attached hydrogen (secondary N) is 1. The molecule has 1 aromatic heterocycles. The Balaban J connectivity index is 1.07. The highest BCUT2D eigenvalue weighted by atomic mass is 32.2. The predicted octanol–water partition coefficient (Wildman–Crippen LogP) is 6.65. The number of allylic oxidation sites excluding steroid dienone is 1. The molecule has 6 rings (SSSR count). The zero-order valence-electron chi connectivity index (χ0n) is 22.0. The number of nitrogens with zero attached hydrogens (tertiary/aromatic N) is 6. The summed E-state index contributed by atoms with van der Waals surface area (Å²) in [6.07, 6.45) is 0.648. The van der Waals surface area contributed by atoms with Crippen LogP contribution in [0.3, 0.4) is 0 Å². The molecule has 0 bridgehead atoms. The third-order valence-electron chi connectivity index (χ3n) is 6.50. The van der Waals surface area contributed by atoms with Crippen LogP contribution in [0.2, 0.25) is 0 Å². The predicted molar refractivity (Wildman–Crippen MR) is 162 cm³/mol. The summed E-state index contributed by atoms with van der Waals surface area (Å²) in [5.74, 6) is 1.34. The average Bonchev–Trinajstić information content (AvgIpc) is 3.61. The summed E-state index contributed by atoms with van der Waals surface area (Å²) in [7, 11) is 0. The highest BCUT2D eigenvalue weighted by Crippen LogP contribution is 2.42. The van der Waals surface area contributed by atoms with Crippen LogP contribution in [-0.2, 0) is 0 Å². The summed E-state index contributed by atoms with van der Waals surface area (Å²) in [6.45, 7) is 2.20. The number of anilines is 1. The van der Waals surface area contributed by atoms with E-state index in [1.165, 1.54) is 46.5 Å². The summed E-state index contributed by atoms with van der Waals surface area (Å²) < 4.78 is 42.5. The zero-order valence-corrected chi connectivity index (χ0v) is 23.6. The first-order chi connectivity index (χ1) is 20.2. The van der Waals surface area contributed by atoms with E-state index in [1.807, 2.05) is 36.4 Å². The number of amidine groups is 1. The summed E-state index contributed by atoms with van der Waals surface area (Å²) in [6, 6.07) is 21.1. The van der Waals surface area contributed by atoms with Crippen LogP contribution in [0, 0.1) is 0 Å². The van der Waals surface area contributed by atoms with Crippen LogP contribution >= 0.6 is 24.0 Å². The molecule has 1 saturated heterocycles. The van der Waals surface area contributed by atoms with Crippen molar-refractivity contribution in [2.45, 2.75) is 19.2 Å². The number of hydrogen-bond donors (Lipinski definition) is 1. The van der Waals surface area contributed by atoms with Crippen molar-refractivity contribution in [1.82, 2.24) is 20.2 Å². The van der Waals surface area contributed by atoms with Gasteiger partial charge in [-0.15, -0.1) is 18.3 Å². The van der Waals surface area contributed by atoms with Crippen molar-refractivity contribution in [2.75, 3.05) is 10.7 Å². The van der Waals surface area contributed by atoms with Gasteiger partial charge in [-0.3, -0.25) is 10.3 Å². The van der Waals surface area contributed by atoms with Crippen LogP contribution in [0.15, 0.2) is 101 Å². The number of alkyl halides is 3. The van der Waals surface area contributed by atoms with Gasteiger partial charge in [0.15, 0.2) is 11.0 Å². The molecule has 3 aromatic carbocycles. The molecule has 0 aliphatic carbocycles. The van der Waals surface area contributed by atoms with E-state index < -0.39 is 6.36 Å². The number of aromatic nitrogens is 3. The summed E-state index contributed by atoms with van der Waals surface area (Å²) in [5.41, 5.74) is 8.55. The number of rotatable bonds is 5. The fourth-order valence-corrected chi connectivity index (χ4v) is 5.82. The fraction of sp³-hybridized carbons (Fsp3) is 0.138. The third kappa shape index (κ3) is 6.06. The van der Waals surface area contributed by atoms with Crippen molar-refractivity contribution in [3.05, 3.63) is 102 Å². The smallest absolute Gasteiger partial charge is 0.406 e. The summed E-state index contributed by atoms with van der Waals surface area (Å²) in [5, 5.41) is 9.73. The van der Waals surface area contributed by atoms with Crippen LogP contribution in [0.25, 0.3) is 17.1 Å². The van der Waals surface area contributed by atoms with E-state index in [2.05, 4.69) is 60.4 Å². The zero-order chi connectivity index (χ0) is 29.3. The van der Waals surface area contributed by atoms with Crippen LogP contribution < -0.4 is 15.1 Å². The molecule has 1 atom stereocenters. The number of benzene rings is 3. The van der Waals surface area contributed by atoms with E-state index in [1.54, 1.807) is 18.0 Å². The molecule has 2 aliphatic rings. The second-order valence-corrected chi connectivity index (χ2v) is 10.7. The largest absolute Gasteiger partial charge is 0.573 e. The second kappa shape index (κ2) is 11.4. The van der Waals surface area contributed by atoms with Crippen molar-refractivity contribution >= 4 is 46.2 Å². The van der Waals surface area contributed by atoms with Gasteiger partial charge in [-0.05, 0) is 53.7 Å². The topological polar surface area (TPSA) is 79.9 Å². The molecule has 0 spiro atoms. The maximum atomic E-state index is 12.4. The van der Waals surface area contributed by atoms with Gasteiger partial charge in [0, 0.05) is 22.9 Å². The lowest BCUT2D eigenvalue weighted by Gasteiger charge is -2.29. The van der Waals surface area contributed by atoms with Gasteiger partial charge in [0.05, 0.1) is 17.6 Å². The normalized spacial score (nSPS) is 17.2. The highest BCUT2D eigenvalue weighted by Gasteiger charge is 2.33. The van der Waals surface area contributed by atoms with Gasteiger partial charge in [-0.25, -0.2) is 9.67 Å². The van der Waals surface area contributed by atoms with E-state index in [0.29, 0.717) is 17.4 Å². The van der Waals surface area contributed by atoms with Crippen LogP contribution in [0.5, 0.6) is 5.75 Å². The first kappa shape index (κ1) is 27.7. The average molecular weight is 606 g/mol. The Morgan fingerprint density at radius 1 is 1.10 bits per heavy atom. The lowest BCUT2D eigenvalue weighted by Crippen LogP contribution is -2.28. The lowest BCUT2D eigenvalue weighted by atomic mass is 9.94. The number of hydrogen-bond acceptors (Lipinski definition) is 6. The summed E-state index contributed by atoms with van der Waals surface area (Å²) >= 11 is 7.07. The molecule has 0 saturated carbocycles. The number of hydrazone groups is 1. The van der Waals surface area contributed by atoms with Crippen molar-refractivity contribution in [2.24, 2.45) is 10.1 Å². The maximum Gasteiger partial charge on any atom is 0.573 e. The Morgan fingerprint density at radius 2 is 1.86 bits per heavy atom. The number of halogens is 3. The third-order valence-corrected chi connectivity index (χ3v) is 7.66. The van der Waals surface area contributed by atoms with Gasteiger partial charge in [0.1, 0.15) is 12.1 Å². The minimum atomic E-state index is -4.74. The number of thiocarbonyl (C=S) groups is 1.